The van der Waals surface area contributed by atoms with Crippen LogP contribution in [0.2, 0.25) is 0 Å². The van der Waals surface area contributed by atoms with E-state index < -0.39 is 0 Å². The maximum absolute atomic E-state index is 12.7. The molecule has 1 aromatic rings. The Hall–Kier alpha value is -1.65. The number of anilines is 1. The van der Waals surface area contributed by atoms with Crippen molar-refractivity contribution >= 4 is 11.7 Å². The highest BCUT2D eigenvalue weighted by atomic mass is 16.2. The number of carbonyl (C=O) groups is 1. The zero-order valence-electron chi connectivity index (χ0n) is 13.3. The van der Waals surface area contributed by atoms with E-state index >= 15 is 0 Å². The summed E-state index contributed by atoms with van der Waals surface area (Å²) in [6.07, 6.45) is 4.66. The Morgan fingerprint density at radius 1 is 1.33 bits per heavy atom. The van der Waals surface area contributed by atoms with Crippen LogP contribution in [0.4, 0.5) is 5.82 Å². The molecule has 0 radical (unpaired) electrons. The molecule has 0 aliphatic heterocycles. The minimum Gasteiger partial charge on any atom is -0.369 e. The summed E-state index contributed by atoms with van der Waals surface area (Å²) >= 11 is 0. The predicted octanol–water partition coefficient (Wildman–Crippen LogP) is 2.95. The average molecular weight is 290 g/mol. The van der Waals surface area contributed by atoms with Crippen LogP contribution in [0.5, 0.6) is 0 Å². The van der Waals surface area contributed by atoms with Crippen molar-refractivity contribution in [1.82, 2.24) is 15.1 Å². The molecule has 116 valence electrons. The molecule has 0 unspecified atom stereocenters. The van der Waals surface area contributed by atoms with Gasteiger partial charge >= 0.3 is 0 Å². The van der Waals surface area contributed by atoms with Crippen LogP contribution in [-0.2, 0) is 0 Å². The summed E-state index contributed by atoms with van der Waals surface area (Å²) in [6.45, 7) is 7.89. The molecule has 0 aromatic carbocycles. The summed E-state index contributed by atoms with van der Waals surface area (Å²) in [6, 6.07) is 3.97. The third kappa shape index (κ3) is 4.16. The highest BCUT2D eigenvalue weighted by molar-refractivity contribution is 5.92. The maximum Gasteiger partial charge on any atom is 0.274 e. The number of nitrogens with zero attached hydrogens (tertiary/aromatic N) is 3. The molecule has 1 amide bonds. The molecule has 1 aromatic heterocycles. The van der Waals surface area contributed by atoms with E-state index in [0.29, 0.717) is 23.5 Å². The molecule has 5 heteroatoms. The van der Waals surface area contributed by atoms with Gasteiger partial charge in [0.1, 0.15) is 5.82 Å². The Morgan fingerprint density at radius 2 is 2.05 bits per heavy atom. The van der Waals surface area contributed by atoms with Gasteiger partial charge in [-0.15, -0.1) is 10.2 Å². The van der Waals surface area contributed by atoms with E-state index in [-0.39, 0.29) is 5.91 Å². The molecule has 0 saturated heterocycles. The van der Waals surface area contributed by atoms with E-state index in [4.69, 9.17) is 0 Å². The number of hydrogen-bond donors (Lipinski definition) is 1. The molecular formula is C16H26N4O. The molecule has 1 aliphatic carbocycles. The van der Waals surface area contributed by atoms with Crippen LogP contribution in [0.15, 0.2) is 12.1 Å². The molecule has 0 atom stereocenters. The third-order valence-corrected chi connectivity index (χ3v) is 3.83. The molecule has 0 bridgehead atoms. The van der Waals surface area contributed by atoms with Crippen molar-refractivity contribution in [3.8, 4) is 0 Å². The van der Waals surface area contributed by atoms with Gasteiger partial charge < -0.3 is 10.2 Å². The van der Waals surface area contributed by atoms with Crippen LogP contribution in [0.1, 0.15) is 56.9 Å². The third-order valence-electron chi connectivity index (χ3n) is 3.83. The summed E-state index contributed by atoms with van der Waals surface area (Å²) in [5, 5.41) is 11.3. The van der Waals surface area contributed by atoms with E-state index in [2.05, 4.69) is 29.4 Å². The topological polar surface area (TPSA) is 58.1 Å². The van der Waals surface area contributed by atoms with Gasteiger partial charge in [0.15, 0.2) is 5.69 Å². The van der Waals surface area contributed by atoms with Crippen molar-refractivity contribution in [2.45, 2.75) is 52.5 Å². The van der Waals surface area contributed by atoms with E-state index in [0.717, 1.165) is 25.9 Å². The van der Waals surface area contributed by atoms with E-state index in [1.165, 1.54) is 12.8 Å². The lowest BCUT2D eigenvalue weighted by Gasteiger charge is -2.30. The molecule has 0 spiro atoms. The smallest absolute Gasteiger partial charge is 0.274 e. The molecule has 21 heavy (non-hydrogen) atoms. The van der Waals surface area contributed by atoms with Crippen molar-refractivity contribution in [2.75, 3.05) is 18.4 Å². The van der Waals surface area contributed by atoms with Crippen molar-refractivity contribution in [3.63, 3.8) is 0 Å². The van der Waals surface area contributed by atoms with Crippen molar-refractivity contribution in [1.29, 1.82) is 0 Å². The number of nitrogens with one attached hydrogen (secondary N) is 1. The Labute approximate surface area is 127 Å². The first-order chi connectivity index (χ1) is 10.1. The molecule has 1 N–H and O–H groups in total. The number of rotatable bonds is 6. The number of aromatic nitrogens is 2. The summed E-state index contributed by atoms with van der Waals surface area (Å²) in [5.41, 5.74) is 0.448. The van der Waals surface area contributed by atoms with Crippen molar-refractivity contribution in [3.05, 3.63) is 17.8 Å². The molecule has 1 aliphatic rings. The Kier molecular flexibility index (Phi) is 5.53. The second-order valence-corrected chi connectivity index (χ2v) is 6.12. The fourth-order valence-corrected chi connectivity index (χ4v) is 2.88. The summed E-state index contributed by atoms with van der Waals surface area (Å²) in [7, 11) is 0. The van der Waals surface area contributed by atoms with E-state index in [9.17, 15) is 4.79 Å². The summed E-state index contributed by atoms with van der Waals surface area (Å²) in [4.78, 5) is 14.7. The molecule has 1 heterocycles. The monoisotopic (exact) mass is 290 g/mol. The molecule has 5 nitrogen and oxygen atoms in total. The number of carbonyl (C=O) groups excluding carboxylic acids is 1. The minimum atomic E-state index is 0.0196. The Morgan fingerprint density at radius 3 is 2.57 bits per heavy atom. The van der Waals surface area contributed by atoms with Gasteiger partial charge in [-0.05, 0) is 37.8 Å². The number of hydrogen-bond acceptors (Lipinski definition) is 4. The van der Waals surface area contributed by atoms with Gasteiger partial charge in [0, 0.05) is 19.1 Å². The maximum atomic E-state index is 12.7. The second kappa shape index (κ2) is 7.38. The largest absolute Gasteiger partial charge is 0.369 e. The molecule has 2 rings (SSSR count). The quantitative estimate of drug-likeness (QED) is 0.875. The average Bonchev–Trinajstić information content (AvgIpc) is 2.99. The van der Waals surface area contributed by atoms with Crippen LogP contribution in [0, 0.1) is 5.92 Å². The minimum absolute atomic E-state index is 0.0196. The predicted molar refractivity (Wildman–Crippen MR) is 84.3 cm³/mol. The molecule has 1 fully saturated rings. The van der Waals surface area contributed by atoms with Gasteiger partial charge in [-0.1, -0.05) is 26.7 Å². The Balaban J connectivity index is 2.12. The van der Waals surface area contributed by atoms with E-state index in [1.54, 1.807) is 6.07 Å². The van der Waals surface area contributed by atoms with Crippen molar-refractivity contribution < 1.29 is 4.79 Å². The zero-order chi connectivity index (χ0) is 15.2. The standard InChI is InChI=1S/C16H26N4O/c1-4-17-15-10-9-14(18-19-15)16(21)20(11-12(2)3)13-7-5-6-8-13/h9-10,12-13H,4-8,11H2,1-3H3,(H,17,19). The first-order valence-corrected chi connectivity index (χ1v) is 8.00. The van der Waals surface area contributed by atoms with Gasteiger partial charge in [-0.3, -0.25) is 4.79 Å². The lowest BCUT2D eigenvalue weighted by atomic mass is 10.1. The summed E-state index contributed by atoms with van der Waals surface area (Å²) in [5.74, 6) is 1.19. The SMILES string of the molecule is CCNc1ccc(C(=O)N(CC(C)C)C2CCCC2)nn1. The van der Waals surface area contributed by atoms with Crippen LogP contribution < -0.4 is 5.32 Å². The first kappa shape index (κ1) is 15.7. The summed E-state index contributed by atoms with van der Waals surface area (Å²) < 4.78 is 0. The highest BCUT2D eigenvalue weighted by Crippen LogP contribution is 2.25. The fourth-order valence-electron chi connectivity index (χ4n) is 2.88. The Bertz CT molecular complexity index is 452. The number of amides is 1. The van der Waals surface area contributed by atoms with E-state index in [1.807, 2.05) is 17.9 Å². The van der Waals surface area contributed by atoms with Crippen LogP contribution >= 0.6 is 0 Å². The molecular weight excluding hydrogens is 264 g/mol. The lowest BCUT2D eigenvalue weighted by Crippen LogP contribution is -2.41. The molecule has 1 saturated carbocycles. The normalized spacial score (nSPS) is 15.4. The van der Waals surface area contributed by atoms with Gasteiger partial charge in [0.05, 0.1) is 0 Å². The first-order valence-electron chi connectivity index (χ1n) is 8.00. The van der Waals surface area contributed by atoms with Gasteiger partial charge in [-0.2, -0.15) is 0 Å². The highest BCUT2D eigenvalue weighted by Gasteiger charge is 2.28. The zero-order valence-corrected chi connectivity index (χ0v) is 13.3. The van der Waals surface area contributed by atoms with Crippen molar-refractivity contribution in [2.24, 2.45) is 5.92 Å². The second-order valence-electron chi connectivity index (χ2n) is 6.12. The van der Waals surface area contributed by atoms with Crippen LogP contribution in [0.25, 0.3) is 0 Å². The fraction of sp³-hybridized carbons (Fsp3) is 0.688. The van der Waals surface area contributed by atoms with Crippen LogP contribution in [0.3, 0.4) is 0 Å². The van der Waals surface area contributed by atoms with Gasteiger partial charge in [-0.25, -0.2) is 0 Å². The lowest BCUT2D eigenvalue weighted by molar-refractivity contribution is 0.0648. The van der Waals surface area contributed by atoms with Crippen LogP contribution in [-0.4, -0.2) is 40.1 Å². The van der Waals surface area contributed by atoms with Gasteiger partial charge in [0.25, 0.3) is 5.91 Å². The van der Waals surface area contributed by atoms with Gasteiger partial charge in [0.2, 0.25) is 0 Å².